The summed E-state index contributed by atoms with van der Waals surface area (Å²) >= 11 is 8.70. The minimum absolute atomic E-state index is 0.0620. The third-order valence-electron chi connectivity index (χ3n) is 2.84. The largest absolute Gasteiger partial charge is 0.394 e. The zero-order valence-electron chi connectivity index (χ0n) is 11.1. The van der Waals surface area contributed by atoms with Gasteiger partial charge in [0.05, 0.1) is 27.6 Å². The van der Waals surface area contributed by atoms with Gasteiger partial charge in [0.15, 0.2) is 0 Å². The molecule has 0 saturated carbocycles. The summed E-state index contributed by atoms with van der Waals surface area (Å²) in [6.45, 7) is 3.66. The Morgan fingerprint density at radius 3 is 2.80 bits per heavy atom. The molecule has 2 aromatic rings. The maximum atomic E-state index is 12.2. The lowest BCUT2D eigenvalue weighted by molar-refractivity contribution is 0.0918. The highest BCUT2D eigenvalue weighted by Crippen LogP contribution is 2.34. The molecule has 1 unspecified atom stereocenters. The second-order valence-electron chi connectivity index (χ2n) is 4.30. The van der Waals surface area contributed by atoms with E-state index in [4.69, 9.17) is 16.7 Å². The van der Waals surface area contributed by atoms with Gasteiger partial charge in [-0.1, -0.05) is 18.5 Å². The Labute approximate surface area is 130 Å². The SMILES string of the molecule is CCC(CO)NC(=O)c1sc(-c2ccc(Cl)s2)nc1C. The van der Waals surface area contributed by atoms with Gasteiger partial charge in [0.25, 0.3) is 5.91 Å². The molecular formula is C13H15ClN2O2S2. The average molecular weight is 331 g/mol. The first-order chi connectivity index (χ1) is 9.55. The number of nitrogens with one attached hydrogen (secondary N) is 1. The fourth-order valence-corrected chi connectivity index (χ4v) is 3.74. The van der Waals surface area contributed by atoms with Crippen molar-refractivity contribution in [2.45, 2.75) is 26.3 Å². The van der Waals surface area contributed by atoms with Crippen LogP contribution < -0.4 is 5.32 Å². The molecule has 1 amide bonds. The van der Waals surface area contributed by atoms with Gasteiger partial charge in [-0.15, -0.1) is 22.7 Å². The normalized spacial score (nSPS) is 12.4. The molecule has 2 heterocycles. The molecule has 0 aliphatic heterocycles. The number of nitrogens with zero attached hydrogens (tertiary/aromatic N) is 1. The van der Waals surface area contributed by atoms with Gasteiger partial charge < -0.3 is 10.4 Å². The number of thiophene rings is 1. The highest BCUT2D eigenvalue weighted by atomic mass is 35.5. The second kappa shape index (κ2) is 6.67. The maximum Gasteiger partial charge on any atom is 0.263 e. The Hall–Kier alpha value is -0.950. The Balaban J connectivity index is 2.21. The summed E-state index contributed by atoms with van der Waals surface area (Å²) in [5, 5.41) is 12.7. The van der Waals surface area contributed by atoms with E-state index in [1.165, 1.54) is 22.7 Å². The van der Waals surface area contributed by atoms with Gasteiger partial charge in [0, 0.05) is 0 Å². The molecule has 108 valence electrons. The van der Waals surface area contributed by atoms with Crippen molar-refractivity contribution in [2.75, 3.05) is 6.61 Å². The first-order valence-corrected chi connectivity index (χ1v) is 8.21. The molecule has 0 aliphatic carbocycles. The molecule has 1 atom stereocenters. The monoisotopic (exact) mass is 330 g/mol. The lowest BCUT2D eigenvalue weighted by atomic mass is 10.2. The molecule has 20 heavy (non-hydrogen) atoms. The van der Waals surface area contributed by atoms with Crippen LogP contribution in [0.15, 0.2) is 12.1 Å². The first-order valence-electron chi connectivity index (χ1n) is 6.20. The number of aliphatic hydroxyl groups is 1. The molecule has 0 saturated heterocycles. The summed E-state index contributed by atoms with van der Waals surface area (Å²) < 4.78 is 0.699. The molecule has 0 bridgehead atoms. The van der Waals surface area contributed by atoms with Crippen molar-refractivity contribution < 1.29 is 9.90 Å². The molecule has 0 radical (unpaired) electrons. The summed E-state index contributed by atoms with van der Waals surface area (Å²) in [5.74, 6) is -0.185. The number of thiazole rings is 1. The van der Waals surface area contributed by atoms with Crippen LogP contribution in [0.1, 0.15) is 28.7 Å². The van der Waals surface area contributed by atoms with Crippen molar-refractivity contribution in [2.24, 2.45) is 0 Å². The second-order valence-corrected chi connectivity index (χ2v) is 7.01. The van der Waals surface area contributed by atoms with Crippen LogP contribution in [-0.4, -0.2) is 28.6 Å². The molecule has 2 rings (SSSR count). The molecule has 7 heteroatoms. The number of amides is 1. The van der Waals surface area contributed by atoms with E-state index in [1.54, 1.807) is 0 Å². The number of carbonyl (C=O) groups excluding carboxylic acids is 1. The van der Waals surface area contributed by atoms with E-state index in [0.29, 0.717) is 21.3 Å². The van der Waals surface area contributed by atoms with Crippen molar-refractivity contribution in [3.05, 3.63) is 27.0 Å². The molecule has 0 aliphatic rings. The van der Waals surface area contributed by atoms with E-state index >= 15 is 0 Å². The summed E-state index contributed by atoms with van der Waals surface area (Å²) in [6, 6.07) is 3.50. The molecular weight excluding hydrogens is 316 g/mol. The van der Waals surface area contributed by atoms with E-state index in [-0.39, 0.29) is 18.6 Å². The smallest absolute Gasteiger partial charge is 0.263 e. The van der Waals surface area contributed by atoms with Crippen molar-refractivity contribution in [1.82, 2.24) is 10.3 Å². The van der Waals surface area contributed by atoms with Gasteiger partial charge in [-0.25, -0.2) is 4.98 Å². The van der Waals surface area contributed by atoms with Gasteiger partial charge in [0.2, 0.25) is 0 Å². The number of aryl methyl sites for hydroxylation is 1. The van der Waals surface area contributed by atoms with E-state index in [0.717, 1.165) is 9.88 Å². The number of halogens is 1. The molecule has 0 aromatic carbocycles. The Bertz CT molecular complexity index is 605. The van der Waals surface area contributed by atoms with Gasteiger partial charge in [-0.2, -0.15) is 0 Å². The van der Waals surface area contributed by atoms with Crippen molar-refractivity contribution in [3.63, 3.8) is 0 Å². The van der Waals surface area contributed by atoms with E-state index in [9.17, 15) is 4.79 Å². The van der Waals surface area contributed by atoms with Gasteiger partial charge in [-0.3, -0.25) is 4.79 Å². The Morgan fingerprint density at radius 1 is 1.50 bits per heavy atom. The van der Waals surface area contributed by atoms with Crippen LogP contribution in [0.3, 0.4) is 0 Å². The van der Waals surface area contributed by atoms with Gasteiger partial charge >= 0.3 is 0 Å². The lowest BCUT2D eigenvalue weighted by Crippen LogP contribution is -2.36. The van der Waals surface area contributed by atoms with E-state index < -0.39 is 0 Å². The molecule has 0 spiro atoms. The summed E-state index contributed by atoms with van der Waals surface area (Å²) in [5.41, 5.74) is 0.694. The predicted octanol–water partition coefficient (Wildman–Crippen LogP) is 3.33. The van der Waals surface area contributed by atoms with Crippen molar-refractivity contribution in [1.29, 1.82) is 0 Å². The van der Waals surface area contributed by atoms with Crippen molar-refractivity contribution >= 4 is 40.2 Å². The maximum absolute atomic E-state index is 12.2. The fraction of sp³-hybridized carbons (Fsp3) is 0.385. The van der Waals surface area contributed by atoms with Crippen LogP contribution in [0.25, 0.3) is 9.88 Å². The number of aromatic nitrogens is 1. The summed E-state index contributed by atoms with van der Waals surface area (Å²) in [6.07, 6.45) is 0.688. The third kappa shape index (κ3) is 3.38. The topological polar surface area (TPSA) is 62.2 Å². The third-order valence-corrected chi connectivity index (χ3v) is 5.39. The zero-order valence-corrected chi connectivity index (χ0v) is 13.5. The quantitative estimate of drug-likeness (QED) is 0.884. The average Bonchev–Trinajstić information content (AvgIpc) is 3.01. The van der Waals surface area contributed by atoms with Crippen LogP contribution in [-0.2, 0) is 0 Å². The fourth-order valence-electron chi connectivity index (χ4n) is 1.67. The van der Waals surface area contributed by atoms with Crippen LogP contribution in [0.5, 0.6) is 0 Å². The Morgan fingerprint density at radius 2 is 2.25 bits per heavy atom. The molecule has 0 fully saturated rings. The zero-order chi connectivity index (χ0) is 14.7. The number of rotatable bonds is 5. The van der Waals surface area contributed by atoms with Crippen molar-refractivity contribution in [3.8, 4) is 9.88 Å². The number of carbonyl (C=O) groups is 1. The lowest BCUT2D eigenvalue weighted by Gasteiger charge is -2.12. The molecule has 4 nitrogen and oxygen atoms in total. The minimum atomic E-state index is -0.219. The highest BCUT2D eigenvalue weighted by molar-refractivity contribution is 7.24. The highest BCUT2D eigenvalue weighted by Gasteiger charge is 2.19. The van der Waals surface area contributed by atoms with E-state index in [1.807, 2.05) is 26.0 Å². The summed E-state index contributed by atoms with van der Waals surface area (Å²) in [4.78, 5) is 18.1. The number of aliphatic hydroxyl groups excluding tert-OH is 1. The number of hydrogen-bond donors (Lipinski definition) is 2. The predicted molar refractivity (Wildman–Crippen MR) is 83.8 cm³/mol. The minimum Gasteiger partial charge on any atom is -0.394 e. The standard InChI is InChI=1S/C13H15ClN2O2S2/c1-3-8(6-17)16-12(18)11-7(2)15-13(20-11)9-4-5-10(14)19-9/h4-5,8,17H,3,6H2,1-2H3,(H,16,18). The van der Waals surface area contributed by atoms with Crippen LogP contribution in [0.2, 0.25) is 4.34 Å². The Kier molecular flexibility index (Phi) is 5.15. The van der Waals surface area contributed by atoms with Gasteiger partial charge in [0.1, 0.15) is 9.88 Å². The molecule has 2 aromatic heterocycles. The van der Waals surface area contributed by atoms with E-state index in [2.05, 4.69) is 10.3 Å². The first kappa shape index (κ1) is 15.4. The van der Waals surface area contributed by atoms with Gasteiger partial charge in [-0.05, 0) is 25.5 Å². The summed E-state index contributed by atoms with van der Waals surface area (Å²) in [7, 11) is 0. The van der Waals surface area contributed by atoms with Crippen LogP contribution in [0, 0.1) is 6.92 Å². The van der Waals surface area contributed by atoms with Crippen LogP contribution >= 0.6 is 34.3 Å². The number of hydrogen-bond acceptors (Lipinski definition) is 5. The molecule has 2 N–H and O–H groups in total. The van der Waals surface area contributed by atoms with Crippen LogP contribution in [0.4, 0.5) is 0 Å².